The fourth-order valence-corrected chi connectivity index (χ4v) is 2.14. The molecule has 6 nitrogen and oxygen atoms in total. The fraction of sp³-hybridized carbons (Fsp3) is 0.462. The van der Waals surface area contributed by atoms with E-state index in [1.165, 1.54) is 14.2 Å². The molecule has 7 heteroatoms. The molecule has 0 saturated heterocycles. The Morgan fingerprint density at radius 2 is 1.75 bits per heavy atom. The summed E-state index contributed by atoms with van der Waals surface area (Å²) < 4.78 is 20.3. The zero-order chi connectivity index (χ0) is 15.3. The van der Waals surface area contributed by atoms with Crippen LogP contribution in [-0.4, -0.2) is 38.9 Å². The van der Waals surface area contributed by atoms with E-state index in [0.717, 1.165) is 0 Å². The normalized spacial score (nSPS) is 10.4. The van der Waals surface area contributed by atoms with Crippen LogP contribution >= 0.6 is 15.9 Å². The number of phenols is 1. The van der Waals surface area contributed by atoms with E-state index in [-0.39, 0.29) is 30.6 Å². The molecule has 0 atom stereocenters. The van der Waals surface area contributed by atoms with Gasteiger partial charge in [0.05, 0.1) is 4.47 Å². The molecule has 0 aliphatic carbocycles. The summed E-state index contributed by atoms with van der Waals surface area (Å²) in [4.78, 5) is 12.1. The highest BCUT2D eigenvalue weighted by molar-refractivity contribution is 9.10. The van der Waals surface area contributed by atoms with Gasteiger partial charge in [0.2, 0.25) is 0 Å². The van der Waals surface area contributed by atoms with Crippen LogP contribution in [-0.2, 0) is 14.2 Å². The van der Waals surface area contributed by atoms with Gasteiger partial charge in [-0.05, 0) is 35.3 Å². The van der Waals surface area contributed by atoms with Crippen LogP contribution in [0.4, 0.5) is 0 Å². The number of phenolic OH excluding ortho intramolecular Hbond substituents is 1. The second-order valence-corrected chi connectivity index (χ2v) is 4.80. The molecular weight excluding hydrogens is 332 g/mol. The van der Waals surface area contributed by atoms with Crippen molar-refractivity contribution in [2.45, 2.75) is 13.8 Å². The Kier molecular flexibility index (Phi) is 6.25. The van der Waals surface area contributed by atoms with Gasteiger partial charge in [0, 0.05) is 19.8 Å². The summed E-state index contributed by atoms with van der Waals surface area (Å²) in [6.45, 7) is 3.09. The summed E-state index contributed by atoms with van der Waals surface area (Å²) >= 11 is 3.24. The Morgan fingerprint density at radius 1 is 1.15 bits per heavy atom. The number of carbonyl (C=O) groups is 1. The average molecular weight is 349 g/mol. The predicted octanol–water partition coefficient (Wildman–Crippen LogP) is 2.51. The van der Waals surface area contributed by atoms with E-state index in [4.69, 9.17) is 18.9 Å². The second kappa shape index (κ2) is 7.47. The molecule has 0 spiro atoms. The summed E-state index contributed by atoms with van der Waals surface area (Å²) in [6.07, 6.45) is 0. The van der Waals surface area contributed by atoms with Crippen molar-refractivity contribution in [1.82, 2.24) is 0 Å². The van der Waals surface area contributed by atoms with Crippen LogP contribution in [0, 0.1) is 13.8 Å². The third-order valence-electron chi connectivity index (χ3n) is 2.67. The van der Waals surface area contributed by atoms with Crippen LogP contribution in [0.3, 0.4) is 0 Å². The maximum atomic E-state index is 12.1. The predicted molar refractivity (Wildman–Crippen MR) is 75.1 cm³/mol. The molecule has 1 aromatic rings. The van der Waals surface area contributed by atoms with Crippen LogP contribution in [0.2, 0.25) is 0 Å². The number of halogens is 1. The summed E-state index contributed by atoms with van der Waals surface area (Å²) in [5, 5.41) is 10.0. The van der Waals surface area contributed by atoms with Gasteiger partial charge in [-0.2, -0.15) is 0 Å². The first kappa shape index (κ1) is 16.7. The monoisotopic (exact) mass is 348 g/mol. The first-order valence-corrected chi connectivity index (χ1v) is 6.54. The van der Waals surface area contributed by atoms with Crippen molar-refractivity contribution in [1.29, 1.82) is 0 Å². The largest absolute Gasteiger partial charge is 0.506 e. The molecule has 0 unspecified atom stereocenters. The standard InChI is InChI=1S/C13H17BrO6/c1-7-9(13(16)20-6-18-4)12(19-5-17-3)8(2)11(15)10(7)14/h15H,5-6H2,1-4H3. The molecule has 0 bridgehead atoms. The van der Waals surface area contributed by atoms with E-state index >= 15 is 0 Å². The highest BCUT2D eigenvalue weighted by Crippen LogP contribution is 2.41. The summed E-state index contributed by atoms with van der Waals surface area (Å²) in [5.74, 6) is -0.359. The van der Waals surface area contributed by atoms with E-state index < -0.39 is 5.97 Å². The molecule has 1 rings (SSSR count). The van der Waals surface area contributed by atoms with Crippen LogP contribution in [0.15, 0.2) is 4.47 Å². The Hall–Kier alpha value is -1.31. The fourth-order valence-electron chi connectivity index (χ4n) is 1.65. The van der Waals surface area contributed by atoms with Gasteiger partial charge in [0.15, 0.2) is 13.6 Å². The summed E-state index contributed by atoms with van der Waals surface area (Å²) in [7, 11) is 2.88. The molecule has 0 heterocycles. The molecular formula is C13H17BrO6. The van der Waals surface area contributed by atoms with Gasteiger partial charge in [-0.3, -0.25) is 0 Å². The highest BCUT2D eigenvalue weighted by Gasteiger charge is 2.25. The van der Waals surface area contributed by atoms with Gasteiger partial charge in [-0.25, -0.2) is 4.79 Å². The Morgan fingerprint density at radius 3 is 2.30 bits per heavy atom. The quantitative estimate of drug-likeness (QED) is 0.628. The van der Waals surface area contributed by atoms with Crippen LogP contribution in [0.5, 0.6) is 11.5 Å². The van der Waals surface area contributed by atoms with Crippen molar-refractivity contribution >= 4 is 21.9 Å². The molecule has 112 valence electrons. The van der Waals surface area contributed by atoms with Crippen molar-refractivity contribution in [2.24, 2.45) is 0 Å². The number of hydrogen-bond acceptors (Lipinski definition) is 6. The molecule has 0 fully saturated rings. The van der Waals surface area contributed by atoms with Gasteiger partial charge in [0.1, 0.15) is 17.1 Å². The number of aromatic hydroxyl groups is 1. The van der Waals surface area contributed by atoms with E-state index in [1.807, 2.05) is 0 Å². The highest BCUT2D eigenvalue weighted by atomic mass is 79.9. The van der Waals surface area contributed by atoms with Crippen molar-refractivity contribution in [3.8, 4) is 11.5 Å². The van der Waals surface area contributed by atoms with Crippen molar-refractivity contribution < 1.29 is 28.8 Å². The lowest BCUT2D eigenvalue weighted by Gasteiger charge is -2.18. The molecule has 0 aliphatic heterocycles. The minimum atomic E-state index is -0.598. The number of esters is 1. The third kappa shape index (κ3) is 3.41. The lowest BCUT2D eigenvalue weighted by Crippen LogP contribution is -2.14. The van der Waals surface area contributed by atoms with E-state index in [9.17, 15) is 9.90 Å². The molecule has 20 heavy (non-hydrogen) atoms. The molecule has 1 N–H and O–H groups in total. The van der Waals surface area contributed by atoms with Gasteiger partial charge in [-0.1, -0.05) is 0 Å². The SMILES string of the molecule is COCOC(=O)c1c(C)c(Br)c(O)c(C)c1OCOC. The van der Waals surface area contributed by atoms with Crippen molar-refractivity contribution in [3.05, 3.63) is 21.2 Å². The molecule has 0 saturated carbocycles. The Labute approximate surface area is 125 Å². The van der Waals surface area contributed by atoms with Crippen LogP contribution in [0.1, 0.15) is 21.5 Å². The summed E-state index contributed by atoms with van der Waals surface area (Å²) in [5.41, 5.74) is 1.16. The molecule has 1 aromatic carbocycles. The number of rotatable bonds is 6. The first-order chi connectivity index (χ1) is 9.45. The lowest BCUT2D eigenvalue weighted by molar-refractivity contribution is -0.0133. The van der Waals surface area contributed by atoms with Crippen molar-refractivity contribution in [2.75, 3.05) is 27.8 Å². The van der Waals surface area contributed by atoms with Gasteiger partial charge in [-0.15, -0.1) is 0 Å². The minimum absolute atomic E-state index is 0.0110. The molecule has 0 amide bonds. The first-order valence-electron chi connectivity index (χ1n) is 5.75. The number of hydrogen-bond donors (Lipinski definition) is 1. The van der Waals surface area contributed by atoms with Gasteiger partial charge in [0.25, 0.3) is 0 Å². The number of benzene rings is 1. The number of methoxy groups -OCH3 is 2. The van der Waals surface area contributed by atoms with Gasteiger partial charge < -0.3 is 24.1 Å². The van der Waals surface area contributed by atoms with E-state index in [1.54, 1.807) is 13.8 Å². The smallest absolute Gasteiger partial charge is 0.344 e. The summed E-state index contributed by atoms with van der Waals surface area (Å²) in [6, 6.07) is 0. The van der Waals surface area contributed by atoms with Crippen LogP contribution in [0.25, 0.3) is 0 Å². The minimum Gasteiger partial charge on any atom is -0.506 e. The Balaban J connectivity index is 3.34. The van der Waals surface area contributed by atoms with Gasteiger partial charge >= 0.3 is 5.97 Å². The van der Waals surface area contributed by atoms with E-state index in [0.29, 0.717) is 15.6 Å². The molecule has 0 aromatic heterocycles. The maximum Gasteiger partial charge on any atom is 0.344 e. The topological polar surface area (TPSA) is 74.2 Å². The number of ether oxygens (including phenoxy) is 4. The molecule has 0 aliphatic rings. The zero-order valence-electron chi connectivity index (χ0n) is 11.8. The average Bonchev–Trinajstić information content (AvgIpc) is 2.44. The van der Waals surface area contributed by atoms with Crippen molar-refractivity contribution in [3.63, 3.8) is 0 Å². The third-order valence-corrected chi connectivity index (χ3v) is 3.64. The lowest BCUT2D eigenvalue weighted by atomic mass is 10.0. The number of carbonyl (C=O) groups excluding carboxylic acids is 1. The molecule has 0 radical (unpaired) electrons. The van der Waals surface area contributed by atoms with Crippen LogP contribution < -0.4 is 4.74 Å². The zero-order valence-corrected chi connectivity index (χ0v) is 13.4. The maximum absolute atomic E-state index is 12.1. The van der Waals surface area contributed by atoms with E-state index in [2.05, 4.69) is 15.9 Å². The Bertz CT molecular complexity index is 500. The second-order valence-electron chi connectivity index (χ2n) is 4.01.